The first-order valence-electron chi connectivity index (χ1n) is 6.06. The predicted octanol–water partition coefficient (Wildman–Crippen LogP) is 3.07. The maximum Gasteiger partial charge on any atom is 0.0779 e. The van der Waals surface area contributed by atoms with E-state index in [-0.39, 0.29) is 12.3 Å². The van der Waals surface area contributed by atoms with Gasteiger partial charge in [0, 0.05) is 5.92 Å². The summed E-state index contributed by atoms with van der Waals surface area (Å²) < 4.78 is 0. The van der Waals surface area contributed by atoms with Crippen molar-refractivity contribution in [2.24, 2.45) is 0 Å². The summed E-state index contributed by atoms with van der Waals surface area (Å²) in [5.41, 5.74) is 4.60. The fourth-order valence-electron chi connectivity index (χ4n) is 2.82. The van der Waals surface area contributed by atoms with Crippen molar-refractivity contribution >= 4 is 0 Å². The molecule has 1 atom stereocenters. The lowest BCUT2D eigenvalue weighted by Crippen LogP contribution is -2.17. The molecule has 2 aromatic carbocycles. The largest absolute Gasteiger partial charge is 0.391 e. The molecule has 0 saturated heterocycles. The maximum atomic E-state index is 10.2. The third-order valence-electron chi connectivity index (χ3n) is 3.57. The lowest BCUT2D eigenvalue weighted by Gasteiger charge is -2.18. The van der Waals surface area contributed by atoms with Crippen molar-refractivity contribution in [2.75, 3.05) is 0 Å². The average molecular weight is 235 g/mol. The molecule has 0 saturated carbocycles. The molecule has 0 amide bonds. The van der Waals surface area contributed by atoms with Gasteiger partial charge in [-0.1, -0.05) is 48.5 Å². The highest BCUT2D eigenvalue weighted by atomic mass is 16.3. The molecule has 2 aromatic rings. The van der Waals surface area contributed by atoms with Crippen molar-refractivity contribution in [3.63, 3.8) is 0 Å². The van der Waals surface area contributed by atoms with Gasteiger partial charge in [-0.3, -0.25) is 0 Å². The summed E-state index contributed by atoms with van der Waals surface area (Å²) in [5.74, 6) is -0.0722. The van der Waals surface area contributed by atoms with Gasteiger partial charge in [-0.15, -0.1) is 0 Å². The van der Waals surface area contributed by atoms with Crippen LogP contribution in [0.2, 0.25) is 0 Å². The number of nitrogens with zero attached hydrogens (tertiary/aromatic N) is 1. The van der Waals surface area contributed by atoms with E-state index in [1.807, 2.05) is 36.4 Å². The van der Waals surface area contributed by atoms with Crippen molar-refractivity contribution in [3.8, 4) is 17.2 Å². The van der Waals surface area contributed by atoms with E-state index in [1.54, 1.807) is 0 Å². The number of aliphatic hydroxyl groups is 1. The zero-order chi connectivity index (χ0) is 12.5. The summed E-state index contributed by atoms with van der Waals surface area (Å²) in [5, 5.41) is 19.0. The zero-order valence-electron chi connectivity index (χ0n) is 9.88. The lowest BCUT2D eigenvalue weighted by atomic mass is 9.90. The minimum absolute atomic E-state index is 0.0722. The first kappa shape index (κ1) is 11.0. The molecule has 1 unspecified atom stereocenters. The summed E-state index contributed by atoms with van der Waals surface area (Å²) in [7, 11) is 0. The van der Waals surface area contributed by atoms with Crippen LogP contribution in [0.5, 0.6) is 0 Å². The Morgan fingerprint density at radius 2 is 1.50 bits per heavy atom. The Morgan fingerprint density at radius 3 is 2.00 bits per heavy atom. The molecule has 0 radical (unpaired) electrons. The van der Waals surface area contributed by atoms with Gasteiger partial charge in [0.25, 0.3) is 0 Å². The fourth-order valence-corrected chi connectivity index (χ4v) is 2.82. The van der Waals surface area contributed by atoms with Crippen LogP contribution in [0.1, 0.15) is 23.5 Å². The molecule has 0 aromatic heterocycles. The summed E-state index contributed by atoms with van der Waals surface area (Å²) in [4.78, 5) is 0. The van der Waals surface area contributed by atoms with Crippen LogP contribution in [-0.2, 0) is 0 Å². The van der Waals surface area contributed by atoms with Crippen LogP contribution in [0.3, 0.4) is 0 Å². The van der Waals surface area contributed by atoms with Gasteiger partial charge in [0.1, 0.15) is 0 Å². The zero-order valence-corrected chi connectivity index (χ0v) is 9.88. The van der Waals surface area contributed by atoms with Crippen LogP contribution in [0, 0.1) is 11.3 Å². The van der Waals surface area contributed by atoms with Gasteiger partial charge < -0.3 is 5.11 Å². The smallest absolute Gasteiger partial charge is 0.0779 e. The number of hydrogen-bond acceptors (Lipinski definition) is 2. The molecule has 0 heterocycles. The molecule has 0 bridgehead atoms. The number of hydrogen-bond donors (Lipinski definition) is 1. The highest BCUT2D eigenvalue weighted by Crippen LogP contribution is 2.46. The Labute approximate surface area is 106 Å². The number of rotatable bonds is 2. The van der Waals surface area contributed by atoms with Crippen LogP contribution in [0.4, 0.5) is 0 Å². The highest BCUT2D eigenvalue weighted by molar-refractivity contribution is 5.79. The topological polar surface area (TPSA) is 44.0 Å². The summed E-state index contributed by atoms with van der Waals surface area (Å²) in [6.07, 6.45) is -0.479. The third kappa shape index (κ3) is 1.53. The monoisotopic (exact) mass is 235 g/mol. The van der Waals surface area contributed by atoms with Crippen LogP contribution >= 0.6 is 0 Å². The Kier molecular flexibility index (Phi) is 2.62. The van der Waals surface area contributed by atoms with Crippen molar-refractivity contribution in [2.45, 2.75) is 18.4 Å². The van der Waals surface area contributed by atoms with Crippen molar-refractivity contribution in [1.82, 2.24) is 0 Å². The molecule has 2 nitrogen and oxygen atoms in total. The second kappa shape index (κ2) is 4.29. The van der Waals surface area contributed by atoms with Gasteiger partial charge in [-0.05, 0) is 22.3 Å². The molecular weight excluding hydrogens is 222 g/mol. The molecular formula is C16H13NO. The average Bonchev–Trinajstić information content (AvgIpc) is 2.73. The van der Waals surface area contributed by atoms with Gasteiger partial charge in [-0.25, -0.2) is 0 Å². The maximum absolute atomic E-state index is 10.2. The SMILES string of the molecule is N#CCC(O)C1c2ccccc2-c2ccccc21. The van der Waals surface area contributed by atoms with E-state index in [0.29, 0.717) is 0 Å². The van der Waals surface area contributed by atoms with Gasteiger partial charge in [0.05, 0.1) is 18.6 Å². The van der Waals surface area contributed by atoms with Crippen molar-refractivity contribution in [1.29, 1.82) is 5.26 Å². The molecule has 1 aliphatic rings. The molecule has 1 N–H and O–H groups in total. The van der Waals surface area contributed by atoms with Gasteiger partial charge >= 0.3 is 0 Å². The second-order valence-corrected chi connectivity index (χ2v) is 4.58. The van der Waals surface area contributed by atoms with E-state index in [9.17, 15) is 5.11 Å². The number of aliphatic hydroxyl groups excluding tert-OH is 1. The summed E-state index contributed by atoms with van der Waals surface area (Å²) in [6, 6.07) is 18.3. The van der Waals surface area contributed by atoms with Crippen LogP contribution in [0.15, 0.2) is 48.5 Å². The van der Waals surface area contributed by atoms with E-state index in [2.05, 4.69) is 18.2 Å². The molecule has 88 valence electrons. The quantitative estimate of drug-likeness (QED) is 0.869. The molecule has 0 spiro atoms. The highest BCUT2D eigenvalue weighted by Gasteiger charge is 2.32. The van der Waals surface area contributed by atoms with Crippen molar-refractivity contribution in [3.05, 3.63) is 59.7 Å². The summed E-state index contributed by atoms with van der Waals surface area (Å²) in [6.45, 7) is 0. The Bertz CT molecular complexity index is 581. The standard InChI is InChI=1S/C16H13NO/c17-10-9-15(18)16-13-7-3-1-5-11(13)12-6-2-4-8-14(12)16/h1-8,15-16,18H,9H2. The van der Waals surface area contributed by atoms with Crippen molar-refractivity contribution < 1.29 is 5.11 Å². The van der Waals surface area contributed by atoms with Gasteiger partial charge in [0.15, 0.2) is 0 Å². The Hall–Kier alpha value is -2.11. The van der Waals surface area contributed by atoms with E-state index >= 15 is 0 Å². The molecule has 1 aliphatic carbocycles. The van der Waals surface area contributed by atoms with Gasteiger partial charge in [0.2, 0.25) is 0 Å². The minimum Gasteiger partial charge on any atom is -0.391 e. The van der Waals surface area contributed by atoms with E-state index < -0.39 is 6.10 Å². The normalized spacial score (nSPS) is 14.7. The van der Waals surface area contributed by atoms with E-state index in [4.69, 9.17) is 5.26 Å². The molecule has 3 rings (SSSR count). The van der Waals surface area contributed by atoms with E-state index in [0.717, 1.165) is 11.1 Å². The predicted molar refractivity (Wildman–Crippen MR) is 70.0 cm³/mol. The number of fused-ring (bicyclic) bond motifs is 3. The molecule has 2 heteroatoms. The Morgan fingerprint density at radius 1 is 1.00 bits per heavy atom. The summed E-state index contributed by atoms with van der Waals surface area (Å²) >= 11 is 0. The minimum atomic E-state index is -0.639. The molecule has 18 heavy (non-hydrogen) atoms. The number of nitriles is 1. The second-order valence-electron chi connectivity index (χ2n) is 4.58. The first-order valence-corrected chi connectivity index (χ1v) is 6.06. The fraction of sp³-hybridized carbons (Fsp3) is 0.188. The number of benzene rings is 2. The third-order valence-corrected chi connectivity index (χ3v) is 3.57. The molecule has 0 fully saturated rings. The van der Waals surface area contributed by atoms with Crippen LogP contribution < -0.4 is 0 Å². The van der Waals surface area contributed by atoms with Crippen LogP contribution in [-0.4, -0.2) is 11.2 Å². The van der Waals surface area contributed by atoms with E-state index in [1.165, 1.54) is 11.1 Å². The lowest BCUT2D eigenvalue weighted by molar-refractivity contribution is 0.163. The van der Waals surface area contributed by atoms with Crippen LogP contribution in [0.25, 0.3) is 11.1 Å². The van der Waals surface area contributed by atoms with Gasteiger partial charge in [-0.2, -0.15) is 5.26 Å². The first-order chi connectivity index (χ1) is 8.83. The molecule has 0 aliphatic heterocycles. The Balaban J connectivity index is 2.18.